The summed E-state index contributed by atoms with van der Waals surface area (Å²) in [5.41, 5.74) is 0.247. The van der Waals surface area contributed by atoms with Gasteiger partial charge in [-0.25, -0.2) is 0 Å². The van der Waals surface area contributed by atoms with Crippen molar-refractivity contribution < 1.29 is 9.53 Å². The van der Waals surface area contributed by atoms with Crippen LogP contribution in [0.5, 0.6) is 5.75 Å². The highest BCUT2D eigenvalue weighted by Gasteiger charge is 2.16. The number of aromatic nitrogens is 1. The standard InChI is InChI=1S/C17H22N2O3/c1-5-8-19-15(16(20)18-11(2)3)10-12-9-13(22-4)6-7-14(12)17(19)21/h6-7,9-11H,5,8H2,1-4H3,(H,18,20). The first kappa shape index (κ1) is 16.1. The zero-order chi connectivity index (χ0) is 16.3. The van der Waals surface area contributed by atoms with E-state index in [1.807, 2.05) is 20.8 Å². The van der Waals surface area contributed by atoms with Gasteiger partial charge in [-0.15, -0.1) is 0 Å². The molecule has 0 saturated carbocycles. The Morgan fingerprint density at radius 2 is 2.05 bits per heavy atom. The van der Waals surface area contributed by atoms with Gasteiger partial charge in [0.2, 0.25) is 0 Å². The molecule has 0 aliphatic heterocycles. The Labute approximate surface area is 129 Å². The molecule has 118 valence electrons. The van der Waals surface area contributed by atoms with Crippen molar-refractivity contribution in [2.45, 2.75) is 39.8 Å². The van der Waals surface area contributed by atoms with Gasteiger partial charge in [-0.3, -0.25) is 9.59 Å². The fourth-order valence-corrected chi connectivity index (χ4v) is 2.43. The summed E-state index contributed by atoms with van der Waals surface area (Å²) in [6, 6.07) is 7.05. The van der Waals surface area contributed by atoms with E-state index in [1.54, 1.807) is 35.9 Å². The molecule has 1 aromatic heterocycles. The average Bonchev–Trinajstić information content (AvgIpc) is 2.48. The van der Waals surface area contributed by atoms with E-state index in [0.717, 1.165) is 6.42 Å². The number of rotatable bonds is 5. The number of hydrogen-bond donors (Lipinski definition) is 1. The Morgan fingerprint density at radius 1 is 1.32 bits per heavy atom. The van der Waals surface area contributed by atoms with Gasteiger partial charge in [-0.1, -0.05) is 6.92 Å². The molecule has 0 atom stereocenters. The van der Waals surface area contributed by atoms with Crippen molar-refractivity contribution in [3.05, 3.63) is 40.3 Å². The van der Waals surface area contributed by atoms with E-state index >= 15 is 0 Å². The summed E-state index contributed by atoms with van der Waals surface area (Å²) in [5, 5.41) is 4.15. The first-order valence-corrected chi connectivity index (χ1v) is 7.50. The summed E-state index contributed by atoms with van der Waals surface area (Å²) in [5.74, 6) is 0.431. The summed E-state index contributed by atoms with van der Waals surface area (Å²) in [6.07, 6.45) is 0.781. The van der Waals surface area contributed by atoms with Crippen LogP contribution in [0.1, 0.15) is 37.7 Å². The molecular formula is C17H22N2O3. The highest BCUT2D eigenvalue weighted by molar-refractivity contribution is 5.97. The molecule has 1 amide bonds. The summed E-state index contributed by atoms with van der Waals surface area (Å²) in [4.78, 5) is 25.1. The number of fused-ring (bicyclic) bond motifs is 1. The molecular weight excluding hydrogens is 280 g/mol. The highest BCUT2D eigenvalue weighted by atomic mass is 16.5. The molecule has 0 saturated heterocycles. The third kappa shape index (κ3) is 3.13. The lowest BCUT2D eigenvalue weighted by Crippen LogP contribution is -2.35. The van der Waals surface area contributed by atoms with Gasteiger partial charge in [0.05, 0.1) is 7.11 Å². The van der Waals surface area contributed by atoms with Crippen molar-refractivity contribution in [3.8, 4) is 5.75 Å². The quantitative estimate of drug-likeness (QED) is 0.923. The van der Waals surface area contributed by atoms with Crippen LogP contribution in [0.4, 0.5) is 0 Å². The number of amides is 1. The second-order valence-corrected chi connectivity index (χ2v) is 5.57. The first-order valence-electron chi connectivity index (χ1n) is 7.50. The Hall–Kier alpha value is -2.30. The number of benzene rings is 1. The molecule has 0 radical (unpaired) electrons. The Kier molecular flexibility index (Phi) is 4.85. The van der Waals surface area contributed by atoms with Crippen LogP contribution < -0.4 is 15.6 Å². The number of nitrogens with zero attached hydrogens (tertiary/aromatic N) is 1. The molecule has 1 N–H and O–H groups in total. The summed E-state index contributed by atoms with van der Waals surface area (Å²) in [7, 11) is 1.58. The molecule has 0 spiro atoms. The number of carbonyl (C=O) groups excluding carboxylic acids is 1. The SMILES string of the molecule is CCCn1c(C(=O)NC(C)C)cc2cc(OC)ccc2c1=O. The van der Waals surface area contributed by atoms with Crippen LogP contribution in [0.25, 0.3) is 10.8 Å². The van der Waals surface area contributed by atoms with Crippen LogP contribution in [-0.2, 0) is 6.54 Å². The predicted molar refractivity (Wildman–Crippen MR) is 87.7 cm³/mol. The van der Waals surface area contributed by atoms with Crippen LogP contribution in [-0.4, -0.2) is 23.6 Å². The molecule has 0 aliphatic rings. The van der Waals surface area contributed by atoms with E-state index in [4.69, 9.17) is 4.74 Å². The number of methoxy groups -OCH3 is 1. The van der Waals surface area contributed by atoms with Gasteiger partial charge in [0, 0.05) is 18.0 Å². The van der Waals surface area contributed by atoms with Gasteiger partial charge in [-0.2, -0.15) is 0 Å². The first-order chi connectivity index (χ1) is 10.5. The fourth-order valence-electron chi connectivity index (χ4n) is 2.43. The van der Waals surface area contributed by atoms with E-state index in [9.17, 15) is 9.59 Å². The van der Waals surface area contributed by atoms with Gasteiger partial charge in [-0.05, 0) is 49.9 Å². The molecule has 0 bridgehead atoms. The molecule has 0 unspecified atom stereocenters. The normalized spacial score (nSPS) is 11.0. The van der Waals surface area contributed by atoms with Crippen molar-refractivity contribution in [1.29, 1.82) is 0 Å². The lowest BCUT2D eigenvalue weighted by atomic mass is 10.1. The molecule has 2 rings (SSSR count). The fraction of sp³-hybridized carbons (Fsp3) is 0.412. The maximum atomic E-state index is 12.7. The molecule has 0 aliphatic carbocycles. The Balaban J connectivity index is 2.68. The topological polar surface area (TPSA) is 60.3 Å². The monoisotopic (exact) mass is 302 g/mol. The van der Waals surface area contributed by atoms with Crippen LogP contribution >= 0.6 is 0 Å². The van der Waals surface area contributed by atoms with Gasteiger partial charge in [0.25, 0.3) is 11.5 Å². The van der Waals surface area contributed by atoms with E-state index in [-0.39, 0.29) is 17.5 Å². The van der Waals surface area contributed by atoms with Crippen molar-refractivity contribution in [2.75, 3.05) is 7.11 Å². The molecule has 5 heteroatoms. The second-order valence-electron chi connectivity index (χ2n) is 5.57. The van der Waals surface area contributed by atoms with Crippen molar-refractivity contribution >= 4 is 16.7 Å². The van der Waals surface area contributed by atoms with Crippen molar-refractivity contribution in [2.24, 2.45) is 0 Å². The van der Waals surface area contributed by atoms with E-state index in [1.165, 1.54) is 0 Å². The summed E-state index contributed by atoms with van der Waals surface area (Å²) >= 11 is 0. The zero-order valence-electron chi connectivity index (χ0n) is 13.5. The van der Waals surface area contributed by atoms with Crippen LogP contribution in [0.15, 0.2) is 29.1 Å². The predicted octanol–water partition coefficient (Wildman–Crippen LogP) is 2.56. The number of pyridine rings is 1. The Bertz CT molecular complexity index is 747. The maximum absolute atomic E-state index is 12.7. The largest absolute Gasteiger partial charge is 0.497 e. The van der Waals surface area contributed by atoms with Crippen LogP contribution in [0, 0.1) is 0 Å². The number of ether oxygens (including phenoxy) is 1. The third-order valence-electron chi connectivity index (χ3n) is 3.42. The van der Waals surface area contributed by atoms with Crippen molar-refractivity contribution in [3.63, 3.8) is 0 Å². The lowest BCUT2D eigenvalue weighted by molar-refractivity contribution is 0.0932. The zero-order valence-corrected chi connectivity index (χ0v) is 13.5. The van der Waals surface area contributed by atoms with Gasteiger partial charge in [0.1, 0.15) is 11.4 Å². The number of carbonyl (C=O) groups is 1. The molecule has 5 nitrogen and oxygen atoms in total. The molecule has 1 aromatic carbocycles. The summed E-state index contributed by atoms with van der Waals surface area (Å²) in [6.45, 7) is 6.28. The molecule has 2 aromatic rings. The minimum atomic E-state index is -0.231. The second kappa shape index (κ2) is 6.64. The number of hydrogen-bond acceptors (Lipinski definition) is 3. The van der Waals surface area contributed by atoms with Crippen molar-refractivity contribution in [1.82, 2.24) is 9.88 Å². The van der Waals surface area contributed by atoms with E-state index in [2.05, 4.69) is 5.32 Å². The van der Waals surface area contributed by atoms with Crippen LogP contribution in [0.2, 0.25) is 0 Å². The van der Waals surface area contributed by atoms with Gasteiger partial charge < -0.3 is 14.6 Å². The van der Waals surface area contributed by atoms with Gasteiger partial charge in [0.15, 0.2) is 0 Å². The highest BCUT2D eigenvalue weighted by Crippen LogP contribution is 2.19. The maximum Gasteiger partial charge on any atom is 0.268 e. The van der Waals surface area contributed by atoms with Crippen LogP contribution in [0.3, 0.4) is 0 Å². The van der Waals surface area contributed by atoms with E-state index in [0.29, 0.717) is 28.8 Å². The third-order valence-corrected chi connectivity index (χ3v) is 3.42. The minimum absolute atomic E-state index is 0.0127. The smallest absolute Gasteiger partial charge is 0.268 e. The molecule has 0 fully saturated rings. The lowest BCUT2D eigenvalue weighted by Gasteiger charge is -2.15. The Morgan fingerprint density at radius 3 is 2.64 bits per heavy atom. The molecule has 22 heavy (non-hydrogen) atoms. The summed E-state index contributed by atoms with van der Waals surface area (Å²) < 4.78 is 6.74. The number of nitrogens with one attached hydrogen (secondary N) is 1. The average molecular weight is 302 g/mol. The minimum Gasteiger partial charge on any atom is -0.497 e. The van der Waals surface area contributed by atoms with Gasteiger partial charge >= 0.3 is 0 Å². The van der Waals surface area contributed by atoms with E-state index < -0.39 is 0 Å². The molecule has 1 heterocycles.